The molecule has 2 aromatic rings. The van der Waals surface area contributed by atoms with Crippen molar-refractivity contribution >= 4 is 0 Å². The van der Waals surface area contributed by atoms with Gasteiger partial charge in [-0.2, -0.15) is 0 Å². The van der Waals surface area contributed by atoms with E-state index >= 15 is 0 Å². The standard InChI is InChI=1S/C20H26O/c1-13(2)16-7-9-17(10-8-16)20(5,6)18-11-14(3)19(21)15(4)12-18/h7-13,21H,1-6H3. The summed E-state index contributed by atoms with van der Waals surface area (Å²) in [6.07, 6.45) is 0. The minimum Gasteiger partial charge on any atom is -0.507 e. The Morgan fingerprint density at radius 1 is 0.857 bits per heavy atom. The van der Waals surface area contributed by atoms with Crippen molar-refractivity contribution < 1.29 is 5.11 Å². The molecular formula is C20H26O. The second-order valence-electron chi connectivity index (χ2n) is 6.86. The summed E-state index contributed by atoms with van der Waals surface area (Å²) in [5, 5.41) is 9.96. The van der Waals surface area contributed by atoms with Crippen LogP contribution in [0.1, 0.15) is 61.4 Å². The molecule has 0 saturated carbocycles. The predicted octanol–water partition coefficient (Wildman–Crippen LogP) is 5.46. The SMILES string of the molecule is Cc1cc(C(C)(C)c2ccc(C(C)C)cc2)cc(C)c1O. The van der Waals surface area contributed by atoms with Crippen molar-refractivity contribution in [2.45, 2.75) is 52.9 Å². The first kappa shape index (κ1) is 15.6. The monoisotopic (exact) mass is 282 g/mol. The van der Waals surface area contributed by atoms with Crippen LogP contribution in [0.2, 0.25) is 0 Å². The lowest BCUT2D eigenvalue weighted by molar-refractivity contribution is 0.465. The Labute approximate surface area is 128 Å². The summed E-state index contributed by atoms with van der Waals surface area (Å²) >= 11 is 0. The molecule has 0 bridgehead atoms. The normalized spacial score (nSPS) is 12.0. The van der Waals surface area contributed by atoms with E-state index in [0.29, 0.717) is 11.7 Å². The van der Waals surface area contributed by atoms with E-state index in [9.17, 15) is 5.11 Å². The van der Waals surface area contributed by atoms with Gasteiger partial charge in [0.05, 0.1) is 0 Å². The van der Waals surface area contributed by atoms with Gasteiger partial charge in [-0.15, -0.1) is 0 Å². The third kappa shape index (κ3) is 2.97. The Morgan fingerprint density at radius 3 is 1.76 bits per heavy atom. The van der Waals surface area contributed by atoms with E-state index in [1.54, 1.807) is 0 Å². The molecule has 0 atom stereocenters. The molecule has 2 rings (SSSR count). The molecule has 1 nitrogen and oxygen atoms in total. The van der Waals surface area contributed by atoms with E-state index in [1.165, 1.54) is 16.7 Å². The average Bonchev–Trinajstić information content (AvgIpc) is 2.44. The number of aryl methyl sites for hydroxylation is 2. The van der Waals surface area contributed by atoms with Gasteiger partial charge in [-0.25, -0.2) is 0 Å². The molecule has 0 saturated heterocycles. The fourth-order valence-corrected chi connectivity index (χ4v) is 2.77. The first-order chi connectivity index (χ1) is 9.73. The minimum absolute atomic E-state index is 0.0707. The third-order valence-corrected chi connectivity index (χ3v) is 4.51. The van der Waals surface area contributed by atoms with Crippen molar-refractivity contribution in [3.8, 4) is 5.75 Å². The van der Waals surface area contributed by atoms with Gasteiger partial charge < -0.3 is 5.11 Å². The summed E-state index contributed by atoms with van der Waals surface area (Å²) in [5.74, 6) is 0.963. The molecule has 0 spiro atoms. The van der Waals surface area contributed by atoms with Crippen LogP contribution in [0.3, 0.4) is 0 Å². The van der Waals surface area contributed by atoms with Gasteiger partial charge >= 0.3 is 0 Å². The zero-order valence-electron chi connectivity index (χ0n) is 14.0. The first-order valence-corrected chi connectivity index (χ1v) is 7.64. The lowest BCUT2D eigenvalue weighted by Gasteiger charge is -2.27. The average molecular weight is 282 g/mol. The van der Waals surface area contributed by atoms with Crippen LogP contribution < -0.4 is 0 Å². The van der Waals surface area contributed by atoms with Crippen LogP contribution in [0.15, 0.2) is 36.4 Å². The maximum Gasteiger partial charge on any atom is 0.121 e. The maximum atomic E-state index is 9.96. The molecule has 2 aromatic carbocycles. The van der Waals surface area contributed by atoms with Gasteiger partial charge in [-0.1, -0.05) is 64.1 Å². The van der Waals surface area contributed by atoms with Gasteiger partial charge in [0.25, 0.3) is 0 Å². The molecule has 1 heteroatoms. The second kappa shape index (κ2) is 5.55. The molecule has 0 unspecified atom stereocenters. The summed E-state index contributed by atoms with van der Waals surface area (Å²) in [6.45, 7) is 12.8. The largest absolute Gasteiger partial charge is 0.507 e. The van der Waals surface area contributed by atoms with Crippen LogP contribution >= 0.6 is 0 Å². The van der Waals surface area contributed by atoms with E-state index in [4.69, 9.17) is 0 Å². The van der Waals surface area contributed by atoms with Crippen molar-refractivity contribution in [2.24, 2.45) is 0 Å². The van der Waals surface area contributed by atoms with E-state index in [-0.39, 0.29) is 5.41 Å². The zero-order valence-corrected chi connectivity index (χ0v) is 14.0. The lowest BCUT2D eigenvalue weighted by atomic mass is 9.76. The van der Waals surface area contributed by atoms with E-state index in [0.717, 1.165) is 11.1 Å². The molecule has 0 radical (unpaired) electrons. The number of phenols is 1. The van der Waals surface area contributed by atoms with Crippen LogP contribution in [0, 0.1) is 13.8 Å². The lowest BCUT2D eigenvalue weighted by Crippen LogP contribution is -2.19. The van der Waals surface area contributed by atoms with Crippen LogP contribution in [0.4, 0.5) is 0 Å². The Kier molecular flexibility index (Phi) is 4.13. The highest BCUT2D eigenvalue weighted by Crippen LogP contribution is 2.35. The van der Waals surface area contributed by atoms with Gasteiger partial charge in [0, 0.05) is 5.41 Å². The number of hydrogen-bond donors (Lipinski definition) is 1. The van der Waals surface area contributed by atoms with Crippen molar-refractivity contribution in [2.75, 3.05) is 0 Å². The van der Waals surface area contributed by atoms with Crippen LogP contribution in [0.5, 0.6) is 5.75 Å². The summed E-state index contributed by atoms with van der Waals surface area (Å²) in [7, 11) is 0. The van der Waals surface area contributed by atoms with Crippen molar-refractivity contribution in [3.05, 3.63) is 64.2 Å². The van der Waals surface area contributed by atoms with Crippen LogP contribution in [-0.2, 0) is 5.41 Å². The molecule has 112 valence electrons. The molecular weight excluding hydrogens is 256 g/mol. The van der Waals surface area contributed by atoms with Crippen molar-refractivity contribution in [1.29, 1.82) is 0 Å². The number of aromatic hydroxyl groups is 1. The molecule has 0 amide bonds. The smallest absolute Gasteiger partial charge is 0.121 e. The van der Waals surface area contributed by atoms with Crippen molar-refractivity contribution in [3.63, 3.8) is 0 Å². The highest BCUT2D eigenvalue weighted by atomic mass is 16.3. The second-order valence-corrected chi connectivity index (χ2v) is 6.86. The minimum atomic E-state index is -0.0707. The fraction of sp³-hybridized carbons (Fsp3) is 0.400. The Bertz CT molecular complexity index is 610. The third-order valence-electron chi connectivity index (χ3n) is 4.51. The molecule has 0 aliphatic rings. The summed E-state index contributed by atoms with van der Waals surface area (Å²) < 4.78 is 0. The van der Waals surface area contributed by atoms with E-state index in [2.05, 4.69) is 64.1 Å². The molecule has 0 fully saturated rings. The van der Waals surface area contributed by atoms with Gasteiger partial charge in [-0.05, 0) is 47.6 Å². The highest BCUT2D eigenvalue weighted by molar-refractivity contribution is 5.48. The maximum absolute atomic E-state index is 9.96. The van der Waals surface area contributed by atoms with Gasteiger partial charge in [0.2, 0.25) is 0 Å². The summed E-state index contributed by atoms with van der Waals surface area (Å²) in [6, 6.07) is 13.1. The quantitative estimate of drug-likeness (QED) is 0.792. The van der Waals surface area contributed by atoms with E-state index < -0.39 is 0 Å². The van der Waals surface area contributed by atoms with Crippen LogP contribution in [-0.4, -0.2) is 5.11 Å². The molecule has 0 aliphatic heterocycles. The Morgan fingerprint density at radius 2 is 1.33 bits per heavy atom. The molecule has 0 aromatic heterocycles. The van der Waals surface area contributed by atoms with Gasteiger partial charge in [0.1, 0.15) is 5.75 Å². The Balaban J connectivity index is 2.46. The Hall–Kier alpha value is -1.76. The van der Waals surface area contributed by atoms with Gasteiger partial charge in [0.15, 0.2) is 0 Å². The number of hydrogen-bond acceptors (Lipinski definition) is 1. The summed E-state index contributed by atoms with van der Waals surface area (Å²) in [5.41, 5.74) is 5.73. The van der Waals surface area contributed by atoms with Gasteiger partial charge in [-0.3, -0.25) is 0 Å². The topological polar surface area (TPSA) is 20.2 Å². The molecule has 0 aliphatic carbocycles. The molecule has 21 heavy (non-hydrogen) atoms. The number of benzene rings is 2. The number of rotatable bonds is 3. The predicted molar refractivity (Wildman–Crippen MR) is 90.2 cm³/mol. The fourth-order valence-electron chi connectivity index (χ4n) is 2.77. The van der Waals surface area contributed by atoms with Crippen molar-refractivity contribution in [1.82, 2.24) is 0 Å². The first-order valence-electron chi connectivity index (χ1n) is 7.64. The van der Waals surface area contributed by atoms with E-state index in [1.807, 2.05) is 13.8 Å². The number of phenolic OH excluding ortho intramolecular Hbond substituents is 1. The zero-order chi connectivity index (χ0) is 15.8. The highest BCUT2D eigenvalue weighted by Gasteiger charge is 2.24. The van der Waals surface area contributed by atoms with Crippen LogP contribution in [0.25, 0.3) is 0 Å². The molecule has 1 N–H and O–H groups in total. The summed E-state index contributed by atoms with van der Waals surface area (Å²) in [4.78, 5) is 0. The molecule has 0 heterocycles.